The number of aryl methyl sites for hydroxylation is 1. The maximum atomic E-state index is 5.76. The number of aromatic nitrogens is 3. The first kappa shape index (κ1) is 21.4. The van der Waals surface area contributed by atoms with Crippen LogP contribution in [0.3, 0.4) is 0 Å². The molecule has 0 saturated heterocycles. The lowest BCUT2D eigenvalue weighted by Gasteiger charge is -2.13. The van der Waals surface area contributed by atoms with Crippen molar-refractivity contribution in [2.45, 2.75) is 37.8 Å². The highest BCUT2D eigenvalue weighted by atomic mass is 79.9. The number of ether oxygens (including phenoxy) is 2. The SMILES string of the molecule is COc1cc(/C=N/n2c(C)nnc2SCc2ccc(Br)cc2)ccc1OC(C)C. The molecule has 29 heavy (non-hydrogen) atoms. The van der Waals surface area contributed by atoms with Gasteiger partial charge in [-0.2, -0.15) is 9.78 Å². The molecule has 3 aromatic rings. The second-order valence-electron chi connectivity index (χ2n) is 6.58. The van der Waals surface area contributed by atoms with Crippen LogP contribution in [0.25, 0.3) is 0 Å². The van der Waals surface area contributed by atoms with Crippen molar-refractivity contribution in [1.29, 1.82) is 0 Å². The van der Waals surface area contributed by atoms with E-state index in [-0.39, 0.29) is 6.10 Å². The minimum absolute atomic E-state index is 0.0772. The van der Waals surface area contributed by atoms with Gasteiger partial charge in [-0.15, -0.1) is 10.2 Å². The Bertz CT molecular complexity index is 987. The Labute approximate surface area is 183 Å². The van der Waals surface area contributed by atoms with E-state index in [1.165, 1.54) is 5.56 Å². The predicted octanol–water partition coefficient (Wildman–Crippen LogP) is 5.32. The molecule has 0 radical (unpaired) electrons. The van der Waals surface area contributed by atoms with Crippen molar-refractivity contribution in [3.05, 3.63) is 63.9 Å². The van der Waals surface area contributed by atoms with Crippen molar-refractivity contribution in [3.8, 4) is 11.5 Å². The third-order valence-electron chi connectivity index (χ3n) is 3.92. The van der Waals surface area contributed by atoms with Crippen LogP contribution in [0.15, 0.2) is 57.2 Å². The Hall–Kier alpha value is -2.32. The summed E-state index contributed by atoms with van der Waals surface area (Å²) in [5, 5.41) is 13.7. The first-order valence-corrected chi connectivity index (χ1v) is 10.9. The highest BCUT2D eigenvalue weighted by Gasteiger charge is 2.10. The lowest BCUT2D eigenvalue weighted by molar-refractivity contribution is 0.230. The van der Waals surface area contributed by atoms with Gasteiger partial charge in [-0.25, -0.2) is 0 Å². The van der Waals surface area contributed by atoms with E-state index in [1.54, 1.807) is 29.8 Å². The minimum atomic E-state index is 0.0772. The molecule has 2 aromatic carbocycles. The van der Waals surface area contributed by atoms with Gasteiger partial charge in [0.1, 0.15) is 0 Å². The summed E-state index contributed by atoms with van der Waals surface area (Å²) in [6, 6.07) is 14.0. The Balaban J connectivity index is 1.75. The number of benzene rings is 2. The van der Waals surface area contributed by atoms with E-state index in [2.05, 4.69) is 43.4 Å². The van der Waals surface area contributed by atoms with Gasteiger partial charge in [0.05, 0.1) is 19.4 Å². The van der Waals surface area contributed by atoms with E-state index < -0.39 is 0 Å². The smallest absolute Gasteiger partial charge is 0.212 e. The van der Waals surface area contributed by atoms with E-state index >= 15 is 0 Å². The van der Waals surface area contributed by atoms with Crippen LogP contribution in [0.2, 0.25) is 0 Å². The molecule has 1 aromatic heterocycles. The molecule has 0 bridgehead atoms. The summed E-state index contributed by atoms with van der Waals surface area (Å²) in [6.45, 7) is 5.85. The summed E-state index contributed by atoms with van der Waals surface area (Å²) in [4.78, 5) is 0. The second-order valence-corrected chi connectivity index (χ2v) is 8.44. The standard InChI is InChI=1S/C21H23BrN4O2S/c1-14(2)28-19-10-7-17(11-20(19)27-4)12-23-26-15(3)24-25-21(26)29-13-16-5-8-18(22)9-6-16/h5-12,14H,13H2,1-4H3/b23-12+. The summed E-state index contributed by atoms with van der Waals surface area (Å²) in [5.41, 5.74) is 2.11. The topological polar surface area (TPSA) is 61.5 Å². The molecule has 0 saturated carbocycles. The number of hydrogen-bond acceptors (Lipinski definition) is 6. The maximum absolute atomic E-state index is 5.76. The molecule has 8 heteroatoms. The van der Waals surface area contributed by atoms with E-state index in [0.717, 1.165) is 26.8 Å². The van der Waals surface area contributed by atoms with Gasteiger partial charge in [-0.05, 0) is 62.2 Å². The van der Waals surface area contributed by atoms with Crippen molar-refractivity contribution in [2.75, 3.05) is 7.11 Å². The van der Waals surface area contributed by atoms with Crippen LogP contribution in [0.4, 0.5) is 0 Å². The van der Waals surface area contributed by atoms with E-state index in [4.69, 9.17) is 9.47 Å². The highest BCUT2D eigenvalue weighted by Crippen LogP contribution is 2.28. The quantitative estimate of drug-likeness (QED) is 0.326. The van der Waals surface area contributed by atoms with Gasteiger partial charge in [0, 0.05) is 10.2 Å². The maximum Gasteiger partial charge on any atom is 0.212 e. The van der Waals surface area contributed by atoms with Crippen molar-refractivity contribution in [2.24, 2.45) is 5.10 Å². The van der Waals surface area contributed by atoms with Crippen molar-refractivity contribution in [1.82, 2.24) is 14.9 Å². The Morgan fingerprint density at radius 2 is 1.90 bits per heavy atom. The van der Waals surface area contributed by atoms with Crippen molar-refractivity contribution in [3.63, 3.8) is 0 Å². The Kier molecular flexibility index (Phi) is 7.33. The summed E-state index contributed by atoms with van der Waals surface area (Å²) in [5.74, 6) is 2.90. The molecular weight excluding hydrogens is 452 g/mol. The van der Waals surface area contributed by atoms with E-state index in [1.807, 2.05) is 51.1 Å². The molecule has 0 aliphatic rings. The molecule has 0 aliphatic heterocycles. The summed E-state index contributed by atoms with van der Waals surface area (Å²) in [7, 11) is 1.63. The number of nitrogens with zero attached hydrogens (tertiary/aromatic N) is 4. The molecule has 0 unspecified atom stereocenters. The molecule has 0 atom stereocenters. The van der Waals surface area contributed by atoms with Gasteiger partial charge in [0.2, 0.25) is 5.16 Å². The lowest BCUT2D eigenvalue weighted by Crippen LogP contribution is -2.06. The number of hydrogen-bond donors (Lipinski definition) is 0. The summed E-state index contributed by atoms with van der Waals surface area (Å²) in [6.07, 6.45) is 1.84. The number of halogens is 1. The minimum Gasteiger partial charge on any atom is -0.493 e. The second kappa shape index (κ2) is 9.93. The summed E-state index contributed by atoms with van der Waals surface area (Å²) >= 11 is 5.05. The summed E-state index contributed by atoms with van der Waals surface area (Å²) < 4.78 is 14.0. The molecule has 0 N–H and O–H groups in total. The first-order valence-electron chi connectivity index (χ1n) is 9.14. The Morgan fingerprint density at radius 3 is 2.59 bits per heavy atom. The third-order valence-corrected chi connectivity index (χ3v) is 5.44. The van der Waals surface area contributed by atoms with E-state index in [0.29, 0.717) is 11.5 Å². The molecule has 0 spiro atoms. The molecule has 0 amide bonds. The largest absolute Gasteiger partial charge is 0.493 e. The van der Waals surface area contributed by atoms with Crippen LogP contribution in [0, 0.1) is 6.92 Å². The average Bonchev–Trinajstić information content (AvgIpc) is 3.06. The van der Waals surface area contributed by atoms with Crippen LogP contribution >= 0.6 is 27.7 Å². The van der Waals surface area contributed by atoms with Gasteiger partial charge >= 0.3 is 0 Å². The molecule has 152 valence electrons. The zero-order chi connectivity index (χ0) is 20.8. The van der Waals surface area contributed by atoms with Crippen LogP contribution in [-0.4, -0.2) is 34.3 Å². The third kappa shape index (κ3) is 5.83. The predicted molar refractivity (Wildman–Crippen MR) is 120 cm³/mol. The highest BCUT2D eigenvalue weighted by molar-refractivity contribution is 9.10. The number of rotatable bonds is 8. The first-order chi connectivity index (χ1) is 14.0. The molecule has 0 aliphatic carbocycles. The fourth-order valence-corrected chi connectivity index (χ4v) is 3.68. The fourth-order valence-electron chi connectivity index (χ4n) is 2.53. The number of methoxy groups -OCH3 is 1. The van der Waals surface area contributed by atoms with Gasteiger partial charge < -0.3 is 9.47 Å². The van der Waals surface area contributed by atoms with Gasteiger partial charge in [0.15, 0.2) is 17.3 Å². The number of thioether (sulfide) groups is 1. The fraction of sp³-hybridized carbons (Fsp3) is 0.286. The van der Waals surface area contributed by atoms with Gasteiger partial charge in [0.25, 0.3) is 0 Å². The normalized spacial score (nSPS) is 11.4. The van der Waals surface area contributed by atoms with Crippen molar-refractivity contribution < 1.29 is 9.47 Å². The molecular formula is C21H23BrN4O2S. The molecule has 6 nitrogen and oxygen atoms in total. The van der Waals surface area contributed by atoms with Crippen LogP contribution in [0.5, 0.6) is 11.5 Å². The monoisotopic (exact) mass is 474 g/mol. The molecule has 3 rings (SSSR count). The van der Waals surface area contributed by atoms with Crippen LogP contribution in [-0.2, 0) is 5.75 Å². The zero-order valence-electron chi connectivity index (χ0n) is 16.8. The molecule has 1 heterocycles. The van der Waals surface area contributed by atoms with Crippen LogP contribution < -0.4 is 9.47 Å². The molecule has 0 fully saturated rings. The lowest BCUT2D eigenvalue weighted by atomic mass is 10.2. The Morgan fingerprint density at radius 1 is 1.14 bits per heavy atom. The van der Waals surface area contributed by atoms with Gasteiger partial charge in [-0.1, -0.05) is 39.8 Å². The van der Waals surface area contributed by atoms with Gasteiger partial charge in [-0.3, -0.25) is 0 Å². The van der Waals surface area contributed by atoms with Crippen molar-refractivity contribution >= 4 is 33.9 Å². The zero-order valence-corrected chi connectivity index (χ0v) is 19.2. The average molecular weight is 475 g/mol. The van der Waals surface area contributed by atoms with E-state index in [9.17, 15) is 0 Å². The van der Waals surface area contributed by atoms with Crippen LogP contribution in [0.1, 0.15) is 30.8 Å².